The van der Waals surface area contributed by atoms with E-state index in [-0.39, 0.29) is 6.04 Å². The van der Waals surface area contributed by atoms with Crippen LogP contribution >= 0.6 is 0 Å². The van der Waals surface area contributed by atoms with Gasteiger partial charge < -0.3 is 5.32 Å². The van der Waals surface area contributed by atoms with Gasteiger partial charge in [-0.3, -0.25) is 14.9 Å². The largest absolute Gasteiger partial charge is 0.305 e. The van der Waals surface area contributed by atoms with E-state index in [4.69, 9.17) is 0 Å². The van der Waals surface area contributed by atoms with Crippen LogP contribution in [0.4, 0.5) is 0 Å². The Hall–Kier alpha value is -3.34. The number of nitrogens with one attached hydrogen (secondary N) is 1. The highest BCUT2D eigenvalue weighted by Gasteiger charge is 2.21. The van der Waals surface area contributed by atoms with Crippen LogP contribution in [0.2, 0.25) is 0 Å². The van der Waals surface area contributed by atoms with Crippen LogP contribution in [0.25, 0.3) is 0 Å². The molecular formula is C31H34N4. The topological polar surface area (TPSA) is 41.0 Å². The zero-order valence-electron chi connectivity index (χ0n) is 20.5. The fourth-order valence-corrected chi connectivity index (χ4v) is 5.09. The smallest absolute Gasteiger partial charge is 0.0605 e. The molecule has 1 N–H and O–H groups in total. The number of rotatable bonds is 9. The van der Waals surface area contributed by atoms with Crippen molar-refractivity contribution in [1.82, 2.24) is 20.2 Å². The normalized spacial score (nSPS) is 16.1. The van der Waals surface area contributed by atoms with E-state index in [9.17, 15) is 0 Å². The van der Waals surface area contributed by atoms with Gasteiger partial charge >= 0.3 is 0 Å². The van der Waals surface area contributed by atoms with Crippen molar-refractivity contribution >= 4 is 0 Å². The summed E-state index contributed by atoms with van der Waals surface area (Å²) >= 11 is 0. The molecule has 0 saturated carbocycles. The van der Waals surface area contributed by atoms with Crippen LogP contribution < -0.4 is 5.32 Å². The van der Waals surface area contributed by atoms with Crippen LogP contribution in [-0.4, -0.2) is 14.9 Å². The van der Waals surface area contributed by atoms with Gasteiger partial charge in [0.15, 0.2) is 0 Å². The summed E-state index contributed by atoms with van der Waals surface area (Å²) in [7, 11) is 0. The third-order valence-corrected chi connectivity index (χ3v) is 7.05. The van der Waals surface area contributed by atoms with Crippen molar-refractivity contribution < 1.29 is 0 Å². The highest BCUT2D eigenvalue weighted by atomic mass is 15.2. The van der Waals surface area contributed by atoms with Crippen molar-refractivity contribution in [3.8, 4) is 0 Å². The lowest BCUT2D eigenvalue weighted by Gasteiger charge is -2.29. The lowest BCUT2D eigenvalue weighted by molar-refractivity contribution is 0.189. The molecule has 0 aliphatic heterocycles. The minimum atomic E-state index is 0.282. The van der Waals surface area contributed by atoms with Crippen LogP contribution in [-0.2, 0) is 26.1 Å². The molecule has 4 nitrogen and oxygen atoms in total. The molecule has 35 heavy (non-hydrogen) atoms. The van der Waals surface area contributed by atoms with Crippen molar-refractivity contribution in [3.05, 3.63) is 131 Å². The van der Waals surface area contributed by atoms with E-state index in [2.05, 4.69) is 106 Å². The molecule has 0 spiro atoms. The molecule has 0 fully saturated rings. The molecule has 2 heterocycles. The third kappa shape index (κ3) is 6.02. The summed E-state index contributed by atoms with van der Waals surface area (Å²) in [6.07, 6.45) is 7.31. The molecule has 2 aromatic carbocycles. The number of fused-ring (bicyclic) bond motifs is 1. The van der Waals surface area contributed by atoms with Crippen LogP contribution in [0, 0.1) is 0 Å². The number of nitrogens with zero attached hydrogens (tertiary/aromatic N) is 3. The van der Waals surface area contributed by atoms with Gasteiger partial charge in [0.1, 0.15) is 0 Å². The first-order chi connectivity index (χ1) is 17.3. The molecule has 1 aliphatic carbocycles. The summed E-state index contributed by atoms with van der Waals surface area (Å²) in [5, 5.41) is 3.78. The van der Waals surface area contributed by atoms with Crippen LogP contribution in [0.1, 0.15) is 65.5 Å². The Morgan fingerprint density at radius 1 is 0.857 bits per heavy atom. The van der Waals surface area contributed by atoms with E-state index < -0.39 is 0 Å². The fraction of sp³-hybridized carbons (Fsp3) is 0.290. The Morgan fingerprint density at radius 3 is 2.54 bits per heavy atom. The van der Waals surface area contributed by atoms with Gasteiger partial charge in [0, 0.05) is 38.1 Å². The highest BCUT2D eigenvalue weighted by molar-refractivity contribution is 5.27. The van der Waals surface area contributed by atoms with E-state index in [1.807, 2.05) is 18.5 Å². The molecule has 178 valence electrons. The maximum Gasteiger partial charge on any atom is 0.0605 e. The second kappa shape index (κ2) is 11.4. The Morgan fingerprint density at radius 2 is 1.69 bits per heavy atom. The zero-order valence-corrected chi connectivity index (χ0v) is 20.5. The number of aromatic nitrogens is 2. The van der Waals surface area contributed by atoms with Gasteiger partial charge in [0.25, 0.3) is 0 Å². The zero-order chi connectivity index (χ0) is 23.9. The summed E-state index contributed by atoms with van der Waals surface area (Å²) in [6, 6.07) is 30.8. The van der Waals surface area contributed by atoms with Gasteiger partial charge in [-0.1, -0.05) is 66.7 Å². The first-order valence-corrected chi connectivity index (χ1v) is 12.7. The van der Waals surface area contributed by atoms with Crippen LogP contribution in [0.15, 0.2) is 97.3 Å². The monoisotopic (exact) mass is 462 g/mol. The molecule has 4 aromatic rings. The molecular weight excluding hydrogens is 428 g/mol. The number of hydrogen-bond acceptors (Lipinski definition) is 4. The molecule has 5 rings (SSSR count). The SMILES string of the molecule is CC(c1ccccc1)N(Cc1cccc(CNC2CCCc3cccnc32)c1)Cc1ccccn1. The Balaban J connectivity index is 1.30. The molecule has 2 aromatic heterocycles. The third-order valence-electron chi connectivity index (χ3n) is 7.05. The first kappa shape index (κ1) is 23.4. The fourth-order valence-electron chi connectivity index (χ4n) is 5.09. The first-order valence-electron chi connectivity index (χ1n) is 12.7. The molecule has 4 heteroatoms. The molecule has 0 saturated heterocycles. The predicted molar refractivity (Wildman–Crippen MR) is 142 cm³/mol. The van der Waals surface area contributed by atoms with Crippen molar-refractivity contribution in [2.75, 3.05) is 0 Å². The van der Waals surface area contributed by atoms with Gasteiger partial charge in [-0.2, -0.15) is 0 Å². The summed E-state index contributed by atoms with van der Waals surface area (Å²) < 4.78 is 0. The predicted octanol–water partition coefficient (Wildman–Crippen LogP) is 6.41. The minimum Gasteiger partial charge on any atom is -0.305 e. The van der Waals surface area contributed by atoms with Crippen molar-refractivity contribution in [3.63, 3.8) is 0 Å². The average Bonchev–Trinajstić information content (AvgIpc) is 2.92. The highest BCUT2D eigenvalue weighted by Crippen LogP contribution is 2.28. The van der Waals surface area contributed by atoms with Gasteiger partial charge in [-0.15, -0.1) is 0 Å². The molecule has 0 bridgehead atoms. The average molecular weight is 463 g/mol. The van der Waals surface area contributed by atoms with Crippen molar-refractivity contribution in [2.45, 2.75) is 57.9 Å². The maximum atomic E-state index is 4.68. The van der Waals surface area contributed by atoms with E-state index in [0.29, 0.717) is 6.04 Å². The standard InChI is InChI=1S/C31H34N4/c1-24(27-12-3-2-4-13-27)35(23-29-16-5-6-18-32-29)22-26-11-7-10-25(20-26)21-34-30-17-8-14-28-15-9-19-33-31(28)30/h2-7,9-13,15-16,18-20,24,30,34H,8,14,17,21-23H2,1H3. The van der Waals surface area contributed by atoms with Crippen LogP contribution in [0.3, 0.4) is 0 Å². The number of pyridine rings is 2. The molecule has 2 atom stereocenters. The number of hydrogen-bond donors (Lipinski definition) is 1. The summed E-state index contributed by atoms with van der Waals surface area (Å²) in [6.45, 7) is 4.82. The summed E-state index contributed by atoms with van der Waals surface area (Å²) in [5.41, 5.74) is 7.68. The van der Waals surface area contributed by atoms with E-state index in [0.717, 1.165) is 38.2 Å². The van der Waals surface area contributed by atoms with E-state index in [1.165, 1.54) is 34.4 Å². The number of aryl methyl sites for hydroxylation is 1. The second-order valence-electron chi connectivity index (χ2n) is 9.51. The summed E-state index contributed by atoms with van der Waals surface area (Å²) in [5.74, 6) is 0. The molecule has 1 aliphatic rings. The van der Waals surface area contributed by atoms with Crippen molar-refractivity contribution in [2.24, 2.45) is 0 Å². The maximum absolute atomic E-state index is 4.68. The lowest BCUT2D eigenvalue weighted by Crippen LogP contribution is -2.27. The van der Waals surface area contributed by atoms with Gasteiger partial charge in [0.2, 0.25) is 0 Å². The minimum absolute atomic E-state index is 0.282. The van der Waals surface area contributed by atoms with Gasteiger partial charge in [-0.05, 0) is 66.6 Å². The summed E-state index contributed by atoms with van der Waals surface area (Å²) in [4.78, 5) is 11.8. The quantitative estimate of drug-likeness (QED) is 0.312. The lowest BCUT2D eigenvalue weighted by atomic mass is 9.92. The Kier molecular flexibility index (Phi) is 7.62. The van der Waals surface area contributed by atoms with Crippen molar-refractivity contribution in [1.29, 1.82) is 0 Å². The van der Waals surface area contributed by atoms with Crippen LogP contribution in [0.5, 0.6) is 0 Å². The Labute approximate surface area is 209 Å². The molecule has 0 amide bonds. The molecule has 0 radical (unpaired) electrons. The number of benzene rings is 2. The van der Waals surface area contributed by atoms with Gasteiger partial charge in [0.05, 0.1) is 17.4 Å². The Bertz CT molecular complexity index is 1210. The van der Waals surface area contributed by atoms with E-state index >= 15 is 0 Å². The second-order valence-corrected chi connectivity index (χ2v) is 9.51. The van der Waals surface area contributed by atoms with Gasteiger partial charge in [-0.25, -0.2) is 0 Å². The molecule has 2 unspecified atom stereocenters. The van der Waals surface area contributed by atoms with E-state index in [1.54, 1.807) is 0 Å².